The van der Waals surface area contributed by atoms with Gasteiger partial charge in [-0.15, -0.1) is 0 Å². The Labute approximate surface area is 130 Å². The van der Waals surface area contributed by atoms with Gasteiger partial charge >= 0.3 is 0 Å². The van der Waals surface area contributed by atoms with Gasteiger partial charge in [-0.25, -0.2) is 13.1 Å². The quantitative estimate of drug-likeness (QED) is 0.748. The van der Waals surface area contributed by atoms with Gasteiger partial charge in [0, 0.05) is 17.4 Å². The lowest BCUT2D eigenvalue weighted by molar-refractivity contribution is 0.571. The molecular formula is C13H20N2O2S3. The number of rotatable bonds is 7. The first-order valence-corrected chi connectivity index (χ1v) is 9.33. The zero-order valence-corrected chi connectivity index (χ0v) is 14.3. The minimum absolute atomic E-state index is 0.111. The van der Waals surface area contributed by atoms with Gasteiger partial charge in [-0.3, -0.25) is 0 Å². The van der Waals surface area contributed by atoms with E-state index >= 15 is 0 Å². The second-order valence-corrected chi connectivity index (χ2v) is 8.00. The maximum absolute atomic E-state index is 12.3. The summed E-state index contributed by atoms with van der Waals surface area (Å²) in [6.45, 7) is 5.70. The number of hydrogen-bond acceptors (Lipinski definition) is 4. The Bertz CT molecular complexity index is 585. The summed E-state index contributed by atoms with van der Waals surface area (Å²) in [4.78, 5) is 0.510. The molecule has 0 radical (unpaired) electrons. The second kappa shape index (κ2) is 7.40. The van der Waals surface area contributed by atoms with Gasteiger partial charge in [0.1, 0.15) is 4.99 Å². The highest BCUT2D eigenvalue weighted by Crippen LogP contribution is 2.16. The number of nitrogens with one attached hydrogen (secondary N) is 1. The predicted molar refractivity (Wildman–Crippen MR) is 89.8 cm³/mol. The summed E-state index contributed by atoms with van der Waals surface area (Å²) in [7, 11) is -3.50. The van der Waals surface area contributed by atoms with Crippen molar-refractivity contribution in [1.82, 2.24) is 4.72 Å². The van der Waals surface area contributed by atoms with Gasteiger partial charge in [-0.2, -0.15) is 11.8 Å². The van der Waals surface area contributed by atoms with Gasteiger partial charge in [0.15, 0.2) is 0 Å². The van der Waals surface area contributed by atoms with Crippen molar-refractivity contribution in [2.45, 2.75) is 31.7 Å². The Morgan fingerprint density at radius 2 is 2.15 bits per heavy atom. The van der Waals surface area contributed by atoms with Crippen LogP contribution in [0.4, 0.5) is 0 Å². The molecular weight excluding hydrogens is 312 g/mol. The van der Waals surface area contributed by atoms with Gasteiger partial charge < -0.3 is 5.73 Å². The topological polar surface area (TPSA) is 72.2 Å². The zero-order chi connectivity index (χ0) is 15.3. The number of aryl methyl sites for hydroxylation is 1. The van der Waals surface area contributed by atoms with Crippen LogP contribution in [-0.2, 0) is 10.0 Å². The summed E-state index contributed by atoms with van der Waals surface area (Å²) < 4.78 is 27.2. The molecule has 0 saturated carbocycles. The minimum Gasteiger partial charge on any atom is -0.389 e. The molecule has 0 aliphatic rings. The van der Waals surface area contributed by atoms with Crippen molar-refractivity contribution < 1.29 is 8.42 Å². The SMILES string of the molecule is CCSCC(C)NS(=O)(=O)c1ccc(C(N)=S)c(C)c1. The monoisotopic (exact) mass is 332 g/mol. The highest BCUT2D eigenvalue weighted by molar-refractivity contribution is 7.99. The molecule has 0 amide bonds. The summed E-state index contributed by atoms with van der Waals surface area (Å²) in [5.74, 6) is 1.72. The molecule has 0 saturated heterocycles. The first-order valence-electron chi connectivity index (χ1n) is 6.28. The lowest BCUT2D eigenvalue weighted by atomic mass is 10.1. The lowest BCUT2D eigenvalue weighted by Crippen LogP contribution is -2.34. The standard InChI is InChI=1S/C13H20N2O2S3/c1-4-19-8-10(3)15-20(16,17)11-5-6-12(13(14)18)9(2)7-11/h5-7,10,15H,4,8H2,1-3H3,(H2,14,18). The van der Waals surface area contributed by atoms with Crippen LogP contribution in [0, 0.1) is 6.92 Å². The fraction of sp³-hybridized carbons (Fsp3) is 0.462. The average molecular weight is 333 g/mol. The molecule has 0 heterocycles. The number of thioether (sulfide) groups is 1. The molecule has 1 atom stereocenters. The Balaban J connectivity index is 2.93. The third kappa shape index (κ3) is 4.73. The highest BCUT2D eigenvalue weighted by Gasteiger charge is 2.18. The van der Waals surface area contributed by atoms with Crippen LogP contribution in [0.15, 0.2) is 23.1 Å². The lowest BCUT2D eigenvalue weighted by Gasteiger charge is -2.14. The molecule has 7 heteroatoms. The van der Waals surface area contributed by atoms with E-state index in [1.54, 1.807) is 30.8 Å². The van der Waals surface area contributed by atoms with Gasteiger partial charge in [0.2, 0.25) is 10.0 Å². The zero-order valence-electron chi connectivity index (χ0n) is 11.8. The smallest absolute Gasteiger partial charge is 0.240 e. The van der Waals surface area contributed by atoms with Crippen molar-refractivity contribution >= 4 is 39.0 Å². The van der Waals surface area contributed by atoms with E-state index < -0.39 is 10.0 Å². The van der Waals surface area contributed by atoms with Crippen molar-refractivity contribution in [3.63, 3.8) is 0 Å². The third-order valence-corrected chi connectivity index (χ3v) is 5.65. The third-order valence-electron chi connectivity index (χ3n) is 2.70. The van der Waals surface area contributed by atoms with Crippen molar-refractivity contribution in [3.05, 3.63) is 29.3 Å². The van der Waals surface area contributed by atoms with Crippen LogP contribution in [0.3, 0.4) is 0 Å². The molecule has 112 valence electrons. The molecule has 0 aromatic heterocycles. The van der Waals surface area contributed by atoms with Crippen molar-refractivity contribution in [1.29, 1.82) is 0 Å². The summed E-state index contributed by atoms with van der Waals surface area (Å²) in [6.07, 6.45) is 0. The number of thiocarbonyl (C=S) groups is 1. The van der Waals surface area contributed by atoms with E-state index in [1.807, 2.05) is 13.8 Å². The number of benzene rings is 1. The maximum Gasteiger partial charge on any atom is 0.240 e. The van der Waals surface area contributed by atoms with E-state index in [0.717, 1.165) is 17.1 Å². The van der Waals surface area contributed by atoms with E-state index in [1.165, 1.54) is 6.07 Å². The van der Waals surface area contributed by atoms with E-state index in [9.17, 15) is 8.42 Å². The fourth-order valence-corrected chi connectivity index (χ4v) is 4.08. The number of nitrogens with two attached hydrogens (primary N) is 1. The molecule has 0 aliphatic carbocycles. The second-order valence-electron chi connectivity index (χ2n) is 4.52. The molecule has 3 N–H and O–H groups in total. The minimum atomic E-state index is -3.50. The normalized spacial score (nSPS) is 13.2. The highest BCUT2D eigenvalue weighted by atomic mass is 32.2. The van der Waals surface area contributed by atoms with E-state index in [4.69, 9.17) is 18.0 Å². The van der Waals surface area contributed by atoms with Gasteiger partial charge in [-0.1, -0.05) is 25.2 Å². The first kappa shape index (κ1) is 17.4. The molecule has 1 aromatic rings. The summed E-state index contributed by atoms with van der Waals surface area (Å²) in [5, 5.41) is 0. The van der Waals surface area contributed by atoms with Gasteiger partial charge in [0.05, 0.1) is 4.90 Å². The van der Waals surface area contributed by atoms with Crippen LogP contribution >= 0.6 is 24.0 Å². The molecule has 0 aliphatic heterocycles. The largest absolute Gasteiger partial charge is 0.389 e. The number of sulfonamides is 1. The molecule has 1 unspecified atom stereocenters. The molecule has 1 rings (SSSR count). The van der Waals surface area contributed by atoms with Crippen LogP contribution in [0.2, 0.25) is 0 Å². The maximum atomic E-state index is 12.3. The van der Waals surface area contributed by atoms with Crippen LogP contribution in [-0.4, -0.2) is 31.0 Å². The molecule has 0 spiro atoms. The summed E-state index contributed by atoms with van der Waals surface area (Å²) in [5.41, 5.74) is 7.04. The summed E-state index contributed by atoms with van der Waals surface area (Å²) in [6, 6.07) is 4.66. The van der Waals surface area contributed by atoms with Crippen molar-refractivity contribution in [2.24, 2.45) is 5.73 Å². The summed E-state index contributed by atoms with van der Waals surface area (Å²) >= 11 is 6.61. The molecule has 1 aromatic carbocycles. The molecule has 0 bridgehead atoms. The Hall–Kier alpha value is -0.630. The molecule has 4 nitrogen and oxygen atoms in total. The average Bonchev–Trinajstić information content (AvgIpc) is 2.35. The first-order chi connectivity index (χ1) is 9.27. The predicted octanol–water partition coefficient (Wildman–Crippen LogP) is 2.05. The Morgan fingerprint density at radius 1 is 1.50 bits per heavy atom. The van der Waals surface area contributed by atoms with Crippen LogP contribution < -0.4 is 10.5 Å². The van der Waals surface area contributed by atoms with E-state index in [2.05, 4.69) is 4.72 Å². The van der Waals surface area contributed by atoms with Crippen molar-refractivity contribution in [2.75, 3.05) is 11.5 Å². The number of hydrogen-bond donors (Lipinski definition) is 2. The van der Waals surface area contributed by atoms with Crippen LogP contribution in [0.1, 0.15) is 25.0 Å². The van der Waals surface area contributed by atoms with E-state index in [-0.39, 0.29) is 15.9 Å². The Kier molecular flexibility index (Phi) is 6.44. The van der Waals surface area contributed by atoms with Gasteiger partial charge in [0.25, 0.3) is 0 Å². The molecule has 20 heavy (non-hydrogen) atoms. The van der Waals surface area contributed by atoms with Crippen LogP contribution in [0.25, 0.3) is 0 Å². The van der Waals surface area contributed by atoms with Crippen LogP contribution in [0.5, 0.6) is 0 Å². The van der Waals surface area contributed by atoms with Gasteiger partial charge in [-0.05, 0) is 37.3 Å². The Morgan fingerprint density at radius 3 is 2.65 bits per heavy atom. The fourth-order valence-electron chi connectivity index (χ4n) is 1.74. The van der Waals surface area contributed by atoms with Crippen molar-refractivity contribution in [3.8, 4) is 0 Å². The van der Waals surface area contributed by atoms with E-state index in [0.29, 0.717) is 5.56 Å². The molecule has 0 fully saturated rings.